The Labute approximate surface area is 125 Å². The fourth-order valence-corrected chi connectivity index (χ4v) is 2.47. The largest absolute Gasteiger partial charge is 0.314 e. The molecule has 0 spiro atoms. The first kappa shape index (κ1) is 16.9. The molecule has 20 heavy (non-hydrogen) atoms. The average molecular weight is 299 g/mol. The molecule has 0 aliphatic rings. The highest BCUT2D eigenvalue weighted by Gasteiger charge is 2.19. The summed E-state index contributed by atoms with van der Waals surface area (Å²) < 4.78 is 0. The van der Waals surface area contributed by atoms with Gasteiger partial charge in [-0.3, -0.25) is 10.1 Å². The molecule has 5 heteroatoms. The van der Waals surface area contributed by atoms with E-state index in [1.54, 1.807) is 12.1 Å². The first-order valence-corrected chi connectivity index (χ1v) is 7.48. The third-order valence-corrected chi connectivity index (χ3v) is 3.38. The summed E-state index contributed by atoms with van der Waals surface area (Å²) in [6, 6.07) is 5.18. The van der Waals surface area contributed by atoms with Gasteiger partial charge in [-0.15, -0.1) is 0 Å². The summed E-state index contributed by atoms with van der Waals surface area (Å²) >= 11 is 5.85. The smallest absolute Gasteiger partial charge is 0.274 e. The molecule has 1 rings (SSSR count). The number of rotatable bonds is 8. The van der Waals surface area contributed by atoms with E-state index in [4.69, 9.17) is 11.6 Å². The predicted octanol–water partition coefficient (Wildman–Crippen LogP) is 4.21. The maximum absolute atomic E-state index is 11.1. The number of hydrogen-bond acceptors (Lipinski definition) is 3. The molecule has 0 aliphatic heterocycles. The minimum absolute atomic E-state index is 0.115. The zero-order valence-corrected chi connectivity index (χ0v) is 13.1. The molecule has 0 saturated carbocycles. The number of halogens is 1. The molecule has 0 radical (unpaired) electrons. The van der Waals surface area contributed by atoms with Crippen molar-refractivity contribution in [1.82, 2.24) is 5.32 Å². The summed E-state index contributed by atoms with van der Waals surface area (Å²) in [4.78, 5) is 10.8. The minimum Gasteiger partial charge on any atom is -0.314 e. The highest BCUT2D eigenvalue weighted by atomic mass is 35.5. The fraction of sp³-hybridized carbons (Fsp3) is 0.600. The lowest BCUT2D eigenvalue weighted by molar-refractivity contribution is -0.385. The Kier molecular flexibility index (Phi) is 6.96. The van der Waals surface area contributed by atoms with E-state index in [1.807, 2.05) is 0 Å². The van der Waals surface area contributed by atoms with Crippen LogP contribution in [0.4, 0.5) is 5.69 Å². The second-order valence-corrected chi connectivity index (χ2v) is 5.95. The van der Waals surface area contributed by atoms with E-state index in [0.717, 1.165) is 24.9 Å². The van der Waals surface area contributed by atoms with Gasteiger partial charge in [0, 0.05) is 22.7 Å². The molecule has 1 atom stereocenters. The third kappa shape index (κ3) is 5.47. The van der Waals surface area contributed by atoms with Crippen molar-refractivity contribution in [3.05, 3.63) is 38.9 Å². The summed E-state index contributed by atoms with van der Waals surface area (Å²) in [5, 5.41) is 15.0. The maximum Gasteiger partial charge on any atom is 0.274 e. The number of nitro benzene ring substituents is 1. The molecule has 0 fully saturated rings. The summed E-state index contributed by atoms with van der Waals surface area (Å²) in [6.45, 7) is 7.37. The standard InChI is InChI=1S/C15H23ClN2O2/c1-4-7-17-14(8-11(2)3)9-12-5-6-13(16)10-15(12)18(19)20/h5-6,10-11,14,17H,4,7-9H2,1-3H3. The van der Waals surface area contributed by atoms with Crippen molar-refractivity contribution < 1.29 is 4.92 Å². The molecule has 1 unspecified atom stereocenters. The summed E-state index contributed by atoms with van der Waals surface area (Å²) in [5.41, 5.74) is 0.859. The Hall–Kier alpha value is -1.13. The van der Waals surface area contributed by atoms with Crippen LogP contribution in [-0.4, -0.2) is 17.5 Å². The van der Waals surface area contributed by atoms with Crippen molar-refractivity contribution >= 4 is 17.3 Å². The van der Waals surface area contributed by atoms with Gasteiger partial charge in [0.1, 0.15) is 0 Å². The van der Waals surface area contributed by atoms with Crippen molar-refractivity contribution in [2.45, 2.75) is 46.1 Å². The normalized spacial score (nSPS) is 12.7. The Morgan fingerprint density at radius 1 is 1.40 bits per heavy atom. The van der Waals surface area contributed by atoms with Crippen LogP contribution in [0.1, 0.15) is 39.2 Å². The highest BCUT2D eigenvalue weighted by molar-refractivity contribution is 6.30. The summed E-state index contributed by atoms with van der Waals surface area (Å²) in [5.74, 6) is 0.552. The van der Waals surface area contributed by atoms with Crippen LogP contribution in [0, 0.1) is 16.0 Å². The molecule has 0 aliphatic carbocycles. The van der Waals surface area contributed by atoms with E-state index in [2.05, 4.69) is 26.1 Å². The molecule has 4 nitrogen and oxygen atoms in total. The van der Waals surface area contributed by atoms with Gasteiger partial charge in [-0.1, -0.05) is 38.4 Å². The topological polar surface area (TPSA) is 55.2 Å². The van der Waals surface area contributed by atoms with Gasteiger partial charge in [0.05, 0.1) is 4.92 Å². The molecule has 0 bridgehead atoms. The zero-order chi connectivity index (χ0) is 15.1. The van der Waals surface area contributed by atoms with Crippen molar-refractivity contribution in [3.8, 4) is 0 Å². The summed E-state index contributed by atoms with van der Waals surface area (Å²) in [7, 11) is 0. The van der Waals surface area contributed by atoms with E-state index in [-0.39, 0.29) is 16.7 Å². The molecular formula is C15H23ClN2O2. The monoisotopic (exact) mass is 298 g/mol. The lowest BCUT2D eigenvalue weighted by atomic mass is 9.96. The Balaban J connectivity index is 2.88. The van der Waals surface area contributed by atoms with Gasteiger partial charge in [0.25, 0.3) is 5.69 Å². The first-order valence-electron chi connectivity index (χ1n) is 7.10. The Bertz CT molecular complexity index is 449. The number of hydrogen-bond donors (Lipinski definition) is 1. The van der Waals surface area contributed by atoms with Gasteiger partial charge in [-0.05, 0) is 37.8 Å². The SMILES string of the molecule is CCCNC(Cc1ccc(Cl)cc1[N+](=O)[O-])CC(C)C. The van der Waals surface area contributed by atoms with E-state index in [9.17, 15) is 10.1 Å². The fourth-order valence-electron chi connectivity index (χ4n) is 2.30. The van der Waals surface area contributed by atoms with Gasteiger partial charge in [-0.2, -0.15) is 0 Å². The molecule has 112 valence electrons. The van der Waals surface area contributed by atoms with Crippen LogP contribution in [0.5, 0.6) is 0 Å². The molecule has 0 heterocycles. The molecule has 0 saturated heterocycles. The van der Waals surface area contributed by atoms with E-state index in [1.165, 1.54) is 6.07 Å². The minimum atomic E-state index is -0.354. The van der Waals surface area contributed by atoms with Gasteiger partial charge in [-0.25, -0.2) is 0 Å². The highest BCUT2D eigenvalue weighted by Crippen LogP contribution is 2.25. The summed E-state index contributed by atoms with van der Waals surface area (Å²) in [6.07, 6.45) is 2.71. The second kappa shape index (κ2) is 8.22. The Morgan fingerprint density at radius 2 is 2.10 bits per heavy atom. The van der Waals surface area contributed by atoms with Gasteiger partial charge in [0.2, 0.25) is 0 Å². The van der Waals surface area contributed by atoms with Crippen LogP contribution < -0.4 is 5.32 Å². The number of nitrogens with zero attached hydrogens (tertiary/aromatic N) is 1. The van der Waals surface area contributed by atoms with Crippen LogP contribution in [0.3, 0.4) is 0 Å². The predicted molar refractivity (Wildman–Crippen MR) is 83.3 cm³/mol. The third-order valence-electron chi connectivity index (χ3n) is 3.15. The van der Waals surface area contributed by atoms with Crippen LogP contribution in [-0.2, 0) is 6.42 Å². The van der Waals surface area contributed by atoms with E-state index in [0.29, 0.717) is 17.4 Å². The van der Waals surface area contributed by atoms with Crippen molar-refractivity contribution in [2.24, 2.45) is 5.92 Å². The van der Waals surface area contributed by atoms with Crippen LogP contribution >= 0.6 is 11.6 Å². The first-order chi connectivity index (χ1) is 9.43. The van der Waals surface area contributed by atoms with Crippen LogP contribution in [0.2, 0.25) is 5.02 Å². The molecule has 1 aromatic rings. The quantitative estimate of drug-likeness (QED) is 0.578. The zero-order valence-electron chi connectivity index (χ0n) is 12.4. The Morgan fingerprint density at radius 3 is 2.65 bits per heavy atom. The number of nitro groups is 1. The lowest BCUT2D eigenvalue weighted by Crippen LogP contribution is -2.33. The number of benzene rings is 1. The van der Waals surface area contributed by atoms with Crippen molar-refractivity contribution in [1.29, 1.82) is 0 Å². The van der Waals surface area contributed by atoms with E-state index < -0.39 is 0 Å². The van der Waals surface area contributed by atoms with Gasteiger partial charge >= 0.3 is 0 Å². The van der Waals surface area contributed by atoms with Crippen molar-refractivity contribution in [2.75, 3.05) is 6.54 Å². The molecule has 0 amide bonds. The van der Waals surface area contributed by atoms with Crippen LogP contribution in [0.25, 0.3) is 0 Å². The molecule has 1 aromatic carbocycles. The average Bonchev–Trinajstić information content (AvgIpc) is 2.37. The lowest BCUT2D eigenvalue weighted by Gasteiger charge is -2.20. The number of nitrogens with one attached hydrogen (secondary N) is 1. The van der Waals surface area contributed by atoms with Crippen LogP contribution in [0.15, 0.2) is 18.2 Å². The molecule has 0 aromatic heterocycles. The molecule has 1 N–H and O–H groups in total. The maximum atomic E-state index is 11.1. The van der Waals surface area contributed by atoms with Gasteiger partial charge < -0.3 is 5.32 Å². The van der Waals surface area contributed by atoms with Crippen molar-refractivity contribution in [3.63, 3.8) is 0 Å². The molecular weight excluding hydrogens is 276 g/mol. The van der Waals surface area contributed by atoms with E-state index >= 15 is 0 Å². The van der Waals surface area contributed by atoms with Gasteiger partial charge in [0.15, 0.2) is 0 Å². The second-order valence-electron chi connectivity index (χ2n) is 5.51.